The smallest absolute Gasteiger partial charge is 0.138 e. The molecule has 0 aromatic rings. The molecule has 0 N–H and O–H groups in total. The average molecular weight is 423 g/mol. The Morgan fingerprint density at radius 3 is 2.42 bits per heavy atom. The van der Waals surface area contributed by atoms with Crippen molar-refractivity contribution in [2.45, 2.75) is 99.3 Å². The van der Waals surface area contributed by atoms with Crippen molar-refractivity contribution >= 4 is 5.78 Å². The highest BCUT2D eigenvalue weighted by molar-refractivity contribution is 5.85. The summed E-state index contributed by atoms with van der Waals surface area (Å²) in [5, 5.41) is 0. The van der Waals surface area contributed by atoms with E-state index in [1.165, 1.54) is 44.9 Å². The number of hydrogen-bond acceptors (Lipinski definition) is 1. The van der Waals surface area contributed by atoms with Gasteiger partial charge in [-0.05, 0) is 103 Å². The number of Topliss-reactive ketones (excluding diaryl/α,β-unsaturated/α-hetero) is 1. The van der Waals surface area contributed by atoms with Gasteiger partial charge in [0, 0.05) is 11.8 Å². The van der Waals surface area contributed by atoms with Crippen LogP contribution in [-0.4, -0.2) is 5.78 Å². The van der Waals surface area contributed by atoms with Gasteiger partial charge in [0.05, 0.1) is 0 Å². The third-order valence-corrected chi connectivity index (χ3v) is 12.1. The Hall–Kier alpha value is -0.850. The lowest BCUT2D eigenvalue weighted by atomic mass is 9.38. The monoisotopic (exact) mass is 422 g/mol. The highest BCUT2D eigenvalue weighted by Crippen LogP contribution is 2.72. The van der Waals surface area contributed by atoms with Crippen LogP contribution in [0.15, 0.2) is 24.3 Å². The number of fused-ring (bicyclic) bond motifs is 7. The zero-order valence-corrected chi connectivity index (χ0v) is 21.1. The fourth-order valence-electron chi connectivity index (χ4n) is 10.5. The quantitative estimate of drug-likeness (QED) is 0.412. The van der Waals surface area contributed by atoms with Crippen LogP contribution >= 0.6 is 0 Å². The number of allylic oxidation sites excluding steroid dienone is 3. The molecule has 31 heavy (non-hydrogen) atoms. The minimum Gasteiger partial charge on any atom is -0.299 e. The molecular weight excluding hydrogens is 376 g/mol. The molecule has 5 aliphatic rings. The summed E-state index contributed by atoms with van der Waals surface area (Å²) in [4.78, 5) is 12.9. The van der Waals surface area contributed by atoms with Crippen molar-refractivity contribution in [2.75, 3.05) is 0 Å². The molecule has 0 bridgehead atoms. The molecule has 8 atom stereocenters. The van der Waals surface area contributed by atoms with Gasteiger partial charge in [-0.15, -0.1) is 6.58 Å². The lowest BCUT2D eigenvalue weighted by Gasteiger charge is -2.66. The van der Waals surface area contributed by atoms with Crippen molar-refractivity contribution in [1.29, 1.82) is 0 Å². The molecule has 1 nitrogen and oxygen atoms in total. The summed E-state index contributed by atoms with van der Waals surface area (Å²) in [6.07, 6.45) is 16.2. The minimum atomic E-state index is -0.141. The van der Waals surface area contributed by atoms with Crippen LogP contribution < -0.4 is 0 Å². The van der Waals surface area contributed by atoms with Crippen molar-refractivity contribution in [3.63, 3.8) is 0 Å². The summed E-state index contributed by atoms with van der Waals surface area (Å²) in [7, 11) is 0. The van der Waals surface area contributed by atoms with Crippen molar-refractivity contribution in [3.05, 3.63) is 24.3 Å². The molecule has 0 radical (unpaired) electrons. The molecule has 1 heteroatoms. The van der Waals surface area contributed by atoms with Crippen LogP contribution in [0.4, 0.5) is 0 Å². The van der Waals surface area contributed by atoms with Gasteiger partial charge in [-0.3, -0.25) is 4.79 Å². The van der Waals surface area contributed by atoms with E-state index in [4.69, 9.17) is 0 Å². The van der Waals surface area contributed by atoms with Crippen LogP contribution in [0, 0.1) is 57.2 Å². The number of carbonyl (C=O) groups is 1. The first kappa shape index (κ1) is 22.0. The third-order valence-electron chi connectivity index (χ3n) is 12.1. The maximum Gasteiger partial charge on any atom is 0.138 e. The molecule has 0 saturated heterocycles. The number of rotatable bonds is 2. The standard InChI is InChI=1S/C30H46O/c1-8-30-17-11-20(19(2)3)26(30)21-9-10-24-28(6,22(21)12-18-30)15-13-23-27(4,5)25(31)14-16-29(23,24)7/h8,12,19-21,23-24,26H,1,9-11,13-18H2,2-7H3/t20-,21-,23-,24-,26+,28-,29-,30+/m0/s1. The highest BCUT2D eigenvalue weighted by Gasteiger charge is 2.65. The molecule has 5 rings (SSSR count). The van der Waals surface area contributed by atoms with Gasteiger partial charge in [0.25, 0.3) is 0 Å². The van der Waals surface area contributed by atoms with Crippen LogP contribution in [-0.2, 0) is 4.79 Å². The van der Waals surface area contributed by atoms with Crippen molar-refractivity contribution in [2.24, 2.45) is 57.2 Å². The molecule has 0 spiro atoms. The summed E-state index contributed by atoms with van der Waals surface area (Å²) < 4.78 is 0. The van der Waals surface area contributed by atoms with Gasteiger partial charge in [0.1, 0.15) is 5.78 Å². The van der Waals surface area contributed by atoms with Gasteiger partial charge in [0.2, 0.25) is 0 Å². The van der Waals surface area contributed by atoms with E-state index in [1.54, 1.807) is 0 Å². The van der Waals surface area contributed by atoms with E-state index in [9.17, 15) is 4.79 Å². The summed E-state index contributed by atoms with van der Waals surface area (Å²) in [5.74, 6) is 5.01. The maximum atomic E-state index is 12.9. The van der Waals surface area contributed by atoms with E-state index < -0.39 is 0 Å². The van der Waals surface area contributed by atoms with Gasteiger partial charge in [-0.25, -0.2) is 0 Å². The first-order chi connectivity index (χ1) is 14.5. The molecular formula is C30H46O. The van der Waals surface area contributed by atoms with Crippen molar-refractivity contribution < 1.29 is 4.79 Å². The lowest BCUT2D eigenvalue weighted by molar-refractivity contribution is -0.162. The van der Waals surface area contributed by atoms with Gasteiger partial charge in [-0.2, -0.15) is 0 Å². The second-order valence-corrected chi connectivity index (χ2v) is 13.7. The van der Waals surface area contributed by atoms with Crippen LogP contribution in [0.25, 0.3) is 0 Å². The maximum absolute atomic E-state index is 12.9. The molecule has 4 fully saturated rings. The molecule has 0 amide bonds. The Labute approximate surface area is 191 Å². The molecule has 172 valence electrons. The number of carbonyl (C=O) groups excluding carboxylic acids is 1. The Bertz CT molecular complexity index is 816. The minimum absolute atomic E-state index is 0.141. The predicted molar refractivity (Wildman–Crippen MR) is 130 cm³/mol. The van der Waals surface area contributed by atoms with Crippen LogP contribution in [0.1, 0.15) is 99.3 Å². The second-order valence-electron chi connectivity index (χ2n) is 13.7. The fraction of sp³-hybridized carbons (Fsp3) is 0.833. The Balaban J connectivity index is 1.55. The molecule has 0 aromatic heterocycles. The van der Waals surface area contributed by atoms with E-state index in [0.29, 0.717) is 27.9 Å². The van der Waals surface area contributed by atoms with E-state index in [0.717, 1.165) is 42.4 Å². The first-order valence-electron chi connectivity index (χ1n) is 13.4. The lowest BCUT2D eigenvalue weighted by Crippen LogP contribution is -2.60. The molecule has 4 saturated carbocycles. The predicted octanol–water partition coefficient (Wildman–Crippen LogP) is 8.01. The Morgan fingerprint density at radius 2 is 1.74 bits per heavy atom. The molecule has 5 aliphatic carbocycles. The third kappa shape index (κ3) is 2.70. The molecule has 0 aliphatic heterocycles. The van der Waals surface area contributed by atoms with E-state index in [2.05, 4.69) is 60.3 Å². The zero-order chi connectivity index (χ0) is 22.4. The fourth-order valence-corrected chi connectivity index (χ4v) is 10.5. The van der Waals surface area contributed by atoms with E-state index in [-0.39, 0.29) is 5.41 Å². The summed E-state index contributed by atoms with van der Waals surface area (Å²) in [6, 6.07) is 0. The molecule has 0 aromatic carbocycles. The SMILES string of the molecule is C=C[C@@]12CC=C3[C@H](CC[C@@H]4[C@@]5(C)CCC(=O)C(C)(C)[C@@H]5CC[C@@]34C)[C@H]1[C@H](C(C)C)CC2. The normalized spacial score (nSPS) is 50.7. The zero-order valence-electron chi connectivity index (χ0n) is 21.1. The van der Waals surface area contributed by atoms with Gasteiger partial charge >= 0.3 is 0 Å². The number of hydrogen-bond donors (Lipinski definition) is 0. The van der Waals surface area contributed by atoms with Crippen LogP contribution in [0.2, 0.25) is 0 Å². The first-order valence-corrected chi connectivity index (χ1v) is 13.4. The summed E-state index contributed by atoms with van der Waals surface area (Å²) in [6.45, 7) is 19.0. The van der Waals surface area contributed by atoms with Crippen LogP contribution in [0.5, 0.6) is 0 Å². The Morgan fingerprint density at radius 1 is 1.00 bits per heavy atom. The van der Waals surface area contributed by atoms with E-state index in [1.807, 2.05) is 5.57 Å². The second kappa shape index (κ2) is 6.83. The summed E-state index contributed by atoms with van der Waals surface area (Å²) in [5.41, 5.74) is 2.71. The number of ketones is 1. The highest BCUT2D eigenvalue weighted by atomic mass is 16.1. The van der Waals surface area contributed by atoms with Crippen LogP contribution in [0.3, 0.4) is 0 Å². The largest absolute Gasteiger partial charge is 0.299 e. The van der Waals surface area contributed by atoms with Crippen molar-refractivity contribution in [3.8, 4) is 0 Å². The Kier molecular flexibility index (Phi) is 4.84. The summed E-state index contributed by atoms with van der Waals surface area (Å²) >= 11 is 0. The van der Waals surface area contributed by atoms with Crippen molar-refractivity contribution in [1.82, 2.24) is 0 Å². The van der Waals surface area contributed by atoms with Gasteiger partial charge < -0.3 is 0 Å². The molecule has 0 unspecified atom stereocenters. The van der Waals surface area contributed by atoms with E-state index >= 15 is 0 Å². The molecule has 0 heterocycles. The average Bonchev–Trinajstić information content (AvgIpc) is 3.11. The topological polar surface area (TPSA) is 17.1 Å². The van der Waals surface area contributed by atoms with Gasteiger partial charge in [-0.1, -0.05) is 59.3 Å². The van der Waals surface area contributed by atoms with Gasteiger partial charge in [0.15, 0.2) is 0 Å².